The Kier molecular flexibility index (Phi) is 5.68. The van der Waals surface area contributed by atoms with Gasteiger partial charge in [0.1, 0.15) is 0 Å². The molecule has 0 amide bonds. The fourth-order valence-corrected chi connectivity index (χ4v) is 1.20. The van der Waals surface area contributed by atoms with E-state index in [2.05, 4.69) is 0 Å². The van der Waals surface area contributed by atoms with Crippen LogP contribution in [0, 0.1) is 5.92 Å². The van der Waals surface area contributed by atoms with Gasteiger partial charge in [-0.1, -0.05) is 19.9 Å². The summed E-state index contributed by atoms with van der Waals surface area (Å²) in [5, 5.41) is 0. The zero-order valence-corrected chi connectivity index (χ0v) is 11.6. The molecule has 0 bridgehead atoms. The van der Waals surface area contributed by atoms with Gasteiger partial charge < -0.3 is 0 Å². The van der Waals surface area contributed by atoms with Gasteiger partial charge in [0, 0.05) is 0 Å². The second kappa shape index (κ2) is 5.97. The van der Waals surface area contributed by atoms with Gasteiger partial charge in [-0.05, 0) is 12.0 Å². The van der Waals surface area contributed by atoms with Crippen molar-refractivity contribution in [2.24, 2.45) is 5.92 Å². The van der Waals surface area contributed by atoms with Crippen LogP contribution in [0.4, 0.5) is 57.1 Å². The van der Waals surface area contributed by atoms with Crippen LogP contribution in [0.1, 0.15) is 13.8 Å². The van der Waals surface area contributed by atoms with E-state index < -0.39 is 47.8 Å². The molecule has 0 aliphatic carbocycles. The van der Waals surface area contributed by atoms with Crippen molar-refractivity contribution in [2.45, 2.75) is 49.6 Å². The molecule has 0 radical (unpaired) electrons. The summed E-state index contributed by atoms with van der Waals surface area (Å²) >= 11 is 0. The summed E-state index contributed by atoms with van der Waals surface area (Å²) in [4.78, 5) is 0. The molecule has 0 aromatic rings. The number of hydrogen-bond acceptors (Lipinski definition) is 0. The highest BCUT2D eigenvalue weighted by Gasteiger charge is 2.90. The van der Waals surface area contributed by atoms with Crippen LogP contribution in [0.2, 0.25) is 0 Å². The van der Waals surface area contributed by atoms with E-state index in [-0.39, 0.29) is 6.08 Å². The Hall–Kier alpha value is -1.17. The third kappa shape index (κ3) is 3.30. The van der Waals surface area contributed by atoms with Crippen molar-refractivity contribution in [1.82, 2.24) is 0 Å². The van der Waals surface area contributed by atoms with Gasteiger partial charge in [0.25, 0.3) is 0 Å². The molecule has 0 aliphatic rings. The third-order valence-electron chi connectivity index (χ3n) is 2.65. The van der Waals surface area contributed by atoms with Crippen LogP contribution in [0.15, 0.2) is 12.2 Å². The van der Waals surface area contributed by atoms with Crippen LogP contribution in [0.3, 0.4) is 0 Å². The second-order valence-corrected chi connectivity index (χ2v) is 5.02. The van der Waals surface area contributed by atoms with Crippen molar-refractivity contribution in [3.63, 3.8) is 0 Å². The van der Waals surface area contributed by atoms with Gasteiger partial charge in [0.15, 0.2) is 0 Å². The predicted octanol–water partition coefficient (Wildman–Crippen LogP) is 5.94. The summed E-state index contributed by atoms with van der Waals surface area (Å²) in [6, 6.07) is 0. The van der Waals surface area contributed by atoms with Crippen molar-refractivity contribution in [2.75, 3.05) is 0 Å². The molecule has 0 saturated heterocycles. The molecule has 0 N–H and O–H groups in total. The fourth-order valence-electron chi connectivity index (χ4n) is 1.20. The lowest BCUT2D eigenvalue weighted by atomic mass is 9.93. The topological polar surface area (TPSA) is 0 Å². The summed E-state index contributed by atoms with van der Waals surface area (Å²) < 4.78 is 165. The lowest BCUT2D eigenvalue weighted by molar-refractivity contribution is -0.436. The highest BCUT2D eigenvalue weighted by atomic mass is 19.4. The monoisotopic (exact) mass is 388 g/mol. The van der Waals surface area contributed by atoms with Crippen molar-refractivity contribution in [3.05, 3.63) is 12.2 Å². The Labute approximate surface area is 126 Å². The first-order chi connectivity index (χ1) is 10.2. The first kappa shape index (κ1) is 22.8. The van der Waals surface area contributed by atoms with Crippen LogP contribution in [0.25, 0.3) is 0 Å². The average Bonchev–Trinajstić information content (AvgIpc) is 2.34. The average molecular weight is 388 g/mol. The van der Waals surface area contributed by atoms with E-state index in [4.69, 9.17) is 0 Å². The molecule has 0 aromatic heterocycles. The van der Waals surface area contributed by atoms with E-state index in [0.29, 0.717) is 0 Å². The molecule has 0 atom stereocenters. The molecular weight excluding hydrogens is 379 g/mol. The maximum atomic E-state index is 13.1. The maximum absolute atomic E-state index is 13.1. The van der Waals surface area contributed by atoms with E-state index in [9.17, 15) is 57.1 Å². The number of hydrogen-bond donors (Lipinski definition) is 0. The highest BCUT2D eigenvalue weighted by molar-refractivity contribution is 5.15. The standard InChI is InChI=1S/C11H9F13/c1-5(2)3-4-6(12,13)7(14,15)8(16,17)9(18,19)10(20,21)11(22,23)24/h3-5H,1-2H3. The maximum Gasteiger partial charge on any atom is 0.460 e. The summed E-state index contributed by atoms with van der Waals surface area (Å²) in [5.41, 5.74) is 0. The van der Waals surface area contributed by atoms with Crippen molar-refractivity contribution in [3.8, 4) is 0 Å². The van der Waals surface area contributed by atoms with Crippen LogP contribution >= 0.6 is 0 Å². The number of halogens is 13. The Bertz CT molecular complexity index is 469. The van der Waals surface area contributed by atoms with Gasteiger partial charge in [-0.3, -0.25) is 0 Å². The molecule has 0 heterocycles. The van der Waals surface area contributed by atoms with Gasteiger partial charge in [0.2, 0.25) is 0 Å². The van der Waals surface area contributed by atoms with Gasteiger partial charge in [-0.15, -0.1) is 0 Å². The molecule has 0 fully saturated rings. The molecule has 24 heavy (non-hydrogen) atoms. The Balaban J connectivity index is 6.20. The molecule has 0 nitrogen and oxygen atoms in total. The quantitative estimate of drug-likeness (QED) is 0.391. The molecule has 0 aromatic carbocycles. The number of rotatable bonds is 6. The Morgan fingerprint density at radius 2 is 0.875 bits per heavy atom. The van der Waals surface area contributed by atoms with Crippen molar-refractivity contribution < 1.29 is 57.1 Å². The number of allylic oxidation sites excluding steroid dienone is 2. The molecule has 13 heteroatoms. The summed E-state index contributed by atoms with van der Waals surface area (Å²) in [7, 11) is 0. The molecule has 0 aliphatic heterocycles. The van der Waals surface area contributed by atoms with Gasteiger partial charge in [-0.25, -0.2) is 0 Å². The van der Waals surface area contributed by atoms with E-state index in [1.54, 1.807) is 0 Å². The highest BCUT2D eigenvalue weighted by Crippen LogP contribution is 2.60. The normalized spacial score (nSPS) is 16.3. The fraction of sp³-hybridized carbons (Fsp3) is 0.818. The van der Waals surface area contributed by atoms with Gasteiger partial charge in [0.05, 0.1) is 0 Å². The largest absolute Gasteiger partial charge is 0.460 e. The van der Waals surface area contributed by atoms with Crippen molar-refractivity contribution in [1.29, 1.82) is 0 Å². The van der Waals surface area contributed by atoms with Gasteiger partial charge in [-0.2, -0.15) is 57.1 Å². The van der Waals surface area contributed by atoms with E-state index in [1.165, 1.54) is 0 Å². The van der Waals surface area contributed by atoms with Gasteiger partial charge >= 0.3 is 35.8 Å². The van der Waals surface area contributed by atoms with Crippen LogP contribution < -0.4 is 0 Å². The molecule has 0 spiro atoms. The van der Waals surface area contributed by atoms with Crippen LogP contribution in [-0.2, 0) is 0 Å². The lowest BCUT2D eigenvalue weighted by Crippen LogP contribution is -2.69. The first-order valence-electron chi connectivity index (χ1n) is 5.82. The zero-order chi connectivity index (χ0) is 20.0. The predicted molar refractivity (Wildman–Crippen MR) is 54.8 cm³/mol. The third-order valence-corrected chi connectivity index (χ3v) is 2.65. The molecule has 144 valence electrons. The SMILES string of the molecule is CC(C)C=CC(F)(F)C(F)(F)C(F)(F)C(F)(F)C(F)(F)C(F)(F)F. The second-order valence-electron chi connectivity index (χ2n) is 5.02. The Morgan fingerprint density at radius 1 is 0.542 bits per heavy atom. The first-order valence-corrected chi connectivity index (χ1v) is 5.82. The zero-order valence-electron chi connectivity index (χ0n) is 11.6. The summed E-state index contributed by atoms with van der Waals surface area (Å²) in [6.45, 7) is 2.16. The van der Waals surface area contributed by atoms with E-state index in [1.807, 2.05) is 0 Å². The smallest absolute Gasteiger partial charge is 0.195 e. The molecular formula is C11H9F13. The lowest BCUT2D eigenvalue weighted by Gasteiger charge is -2.39. The Morgan fingerprint density at radius 3 is 1.17 bits per heavy atom. The van der Waals surface area contributed by atoms with E-state index in [0.717, 1.165) is 13.8 Å². The minimum absolute atomic E-state index is 0.157. The van der Waals surface area contributed by atoms with Crippen LogP contribution in [0.5, 0.6) is 0 Å². The van der Waals surface area contributed by atoms with Crippen LogP contribution in [-0.4, -0.2) is 35.8 Å². The number of alkyl halides is 13. The van der Waals surface area contributed by atoms with E-state index >= 15 is 0 Å². The summed E-state index contributed by atoms with van der Waals surface area (Å²) in [6.07, 6.45) is -8.20. The minimum Gasteiger partial charge on any atom is -0.195 e. The minimum atomic E-state index is -7.85. The molecule has 0 saturated carbocycles. The molecule has 0 unspecified atom stereocenters. The summed E-state index contributed by atoms with van der Waals surface area (Å²) in [5.74, 6) is -37.6. The molecule has 0 rings (SSSR count). The van der Waals surface area contributed by atoms with Crippen molar-refractivity contribution >= 4 is 0 Å².